The summed E-state index contributed by atoms with van der Waals surface area (Å²) in [6.07, 6.45) is 4.52. The highest BCUT2D eigenvalue weighted by Crippen LogP contribution is 2.28. The number of halogens is 2. The molecule has 0 amide bonds. The third-order valence-corrected chi connectivity index (χ3v) is 3.67. The average molecular weight is 298 g/mol. The first-order valence-electron chi connectivity index (χ1n) is 6.26. The van der Waals surface area contributed by atoms with E-state index in [2.05, 4.69) is 17.2 Å². The number of nitrogens with one attached hydrogen (secondary N) is 1. The second kappa shape index (κ2) is 6.42. The van der Waals surface area contributed by atoms with Crippen molar-refractivity contribution in [1.29, 1.82) is 0 Å². The molecule has 2 rings (SSSR count). The Kier molecular flexibility index (Phi) is 4.86. The number of imidazole rings is 1. The quantitative estimate of drug-likeness (QED) is 0.913. The number of benzene rings is 1. The van der Waals surface area contributed by atoms with Crippen molar-refractivity contribution in [2.75, 3.05) is 6.54 Å². The number of rotatable bonds is 5. The smallest absolute Gasteiger partial charge is 0.110 e. The zero-order valence-electron chi connectivity index (χ0n) is 11.0. The zero-order chi connectivity index (χ0) is 13.8. The Bertz CT molecular complexity index is 551. The van der Waals surface area contributed by atoms with Gasteiger partial charge in [-0.15, -0.1) is 0 Å². The van der Waals surface area contributed by atoms with E-state index in [9.17, 15) is 0 Å². The molecule has 102 valence electrons. The second-order valence-corrected chi connectivity index (χ2v) is 5.28. The van der Waals surface area contributed by atoms with Crippen LogP contribution < -0.4 is 5.32 Å². The van der Waals surface area contributed by atoms with Crippen LogP contribution in [0.25, 0.3) is 0 Å². The van der Waals surface area contributed by atoms with Gasteiger partial charge < -0.3 is 9.88 Å². The van der Waals surface area contributed by atoms with E-state index in [1.807, 2.05) is 29.9 Å². The molecule has 19 heavy (non-hydrogen) atoms. The normalized spacial score (nSPS) is 12.6. The summed E-state index contributed by atoms with van der Waals surface area (Å²) in [5.41, 5.74) is 1.01. The molecule has 1 N–H and O–H groups in total. The monoisotopic (exact) mass is 297 g/mol. The number of aryl methyl sites for hydroxylation is 1. The number of hydrogen-bond acceptors (Lipinski definition) is 2. The molecule has 0 aliphatic rings. The van der Waals surface area contributed by atoms with Crippen LogP contribution in [0.4, 0.5) is 0 Å². The largest absolute Gasteiger partial charge is 0.338 e. The van der Waals surface area contributed by atoms with Gasteiger partial charge in [-0.3, -0.25) is 0 Å². The molecule has 0 aliphatic carbocycles. The molecule has 0 fully saturated rings. The molecule has 2 aromatic rings. The van der Waals surface area contributed by atoms with Gasteiger partial charge in [0.15, 0.2) is 0 Å². The number of hydrogen-bond donors (Lipinski definition) is 1. The van der Waals surface area contributed by atoms with Gasteiger partial charge in [-0.05, 0) is 30.3 Å². The molecule has 1 aromatic heterocycles. The topological polar surface area (TPSA) is 29.9 Å². The molecule has 0 saturated carbocycles. The van der Waals surface area contributed by atoms with Gasteiger partial charge in [-0.2, -0.15) is 0 Å². The van der Waals surface area contributed by atoms with Crippen LogP contribution in [0.5, 0.6) is 0 Å². The minimum atomic E-state index is 0.109. The Morgan fingerprint density at radius 3 is 2.79 bits per heavy atom. The van der Waals surface area contributed by atoms with Crippen LogP contribution in [-0.4, -0.2) is 16.1 Å². The first-order valence-corrected chi connectivity index (χ1v) is 7.02. The molecule has 1 aromatic carbocycles. The lowest BCUT2D eigenvalue weighted by Gasteiger charge is -2.19. The SMILES string of the molecule is CCNC(Cc1nccn1C)c1cc(Cl)ccc1Cl. The van der Waals surface area contributed by atoms with Crippen LogP contribution >= 0.6 is 23.2 Å². The van der Waals surface area contributed by atoms with Crippen molar-refractivity contribution in [2.45, 2.75) is 19.4 Å². The van der Waals surface area contributed by atoms with E-state index in [4.69, 9.17) is 23.2 Å². The number of nitrogens with zero attached hydrogens (tertiary/aromatic N) is 2. The van der Waals surface area contributed by atoms with Gasteiger partial charge in [0.05, 0.1) is 0 Å². The Morgan fingerprint density at radius 2 is 2.16 bits per heavy atom. The van der Waals surface area contributed by atoms with Crippen LogP contribution in [-0.2, 0) is 13.5 Å². The summed E-state index contributed by atoms with van der Waals surface area (Å²) in [5.74, 6) is 1.02. The first-order chi connectivity index (χ1) is 9.11. The van der Waals surface area contributed by atoms with E-state index >= 15 is 0 Å². The van der Waals surface area contributed by atoms with Crippen molar-refractivity contribution in [1.82, 2.24) is 14.9 Å². The van der Waals surface area contributed by atoms with Gasteiger partial charge in [0.1, 0.15) is 5.82 Å². The lowest BCUT2D eigenvalue weighted by Crippen LogP contribution is -2.24. The Balaban J connectivity index is 2.29. The molecule has 1 heterocycles. The van der Waals surface area contributed by atoms with Crippen molar-refractivity contribution in [3.05, 3.63) is 52.0 Å². The molecule has 0 radical (unpaired) electrons. The van der Waals surface area contributed by atoms with Gasteiger partial charge >= 0.3 is 0 Å². The fourth-order valence-corrected chi connectivity index (χ4v) is 2.53. The summed E-state index contributed by atoms with van der Waals surface area (Å²) in [7, 11) is 1.99. The fraction of sp³-hybridized carbons (Fsp3) is 0.357. The fourth-order valence-electron chi connectivity index (χ4n) is 2.10. The van der Waals surface area contributed by atoms with Gasteiger partial charge in [0.2, 0.25) is 0 Å². The summed E-state index contributed by atoms with van der Waals surface area (Å²) in [6.45, 7) is 2.93. The molecule has 0 spiro atoms. The van der Waals surface area contributed by atoms with Gasteiger partial charge in [-0.25, -0.2) is 4.98 Å². The van der Waals surface area contributed by atoms with Crippen LogP contribution in [0.15, 0.2) is 30.6 Å². The van der Waals surface area contributed by atoms with Crippen molar-refractivity contribution in [3.8, 4) is 0 Å². The van der Waals surface area contributed by atoms with Crippen LogP contribution in [0.2, 0.25) is 10.0 Å². The highest BCUT2D eigenvalue weighted by Gasteiger charge is 2.17. The second-order valence-electron chi connectivity index (χ2n) is 4.43. The van der Waals surface area contributed by atoms with Crippen molar-refractivity contribution < 1.29 is 0 Å². The molecular weight excluding hydrogens is 281 g/mol. The summed E-state index contributed by atoms with van der Waals surface area (Å²) in [5, 5.41) is 4.86. The third-order valence-electron chi connectivity index (χ3n) is 3.09. The Morgan fingerprint density at radius 1 is 1.37 bits per heavy atom. The molecule has 0 aliphatic heterocycles. The minimum Gasteiger partial charge on any atom is -0.338 e. The van der Waals surface area contributed by atoms with Crippen LogP contribution in [0.3, 0.4) is 0 Å². The Labute approximate surface area is 123 Å². The summed E-state index contributed by atoms with van der Waals surface area (Å²) in [6, 6.07) is 5.66. The molecule has 1 unspecified atom stereocenters. The average Bonchev–Trinajstić information content (AvgIpc) is 2.78. The third kappa shape index (κ3) is 3.50. The maximum atomic E-state index is 6.28. The van der Waals surface area contributed by atoms with Gasteiger partial charge in [0.25, 0.3) is 0 Å². The van der Waals surface area contributed by atoms with E-state index in [1.54, 1.807) is 12.3 Å². The Hall–Kier alpha value is -1.03. The molecule has 0 bridgehead atoms. The molecular formula is C14H17Cl2N3. The molecule has 3 nitrogen and oxygen atoms in total. The highest BCUT2D eigenvalue weighted by molar-refractivity contribution is 6.33. The first kappa shape index (κ1) is 14.4. The number of aromatic nitrogens is 2. The molecule has 1 atom stereocenters. The van der Waals surface area contributed by atoms with E-state index in [-0.39, 0.29) is 6.04 Å². The predicted octanol–water partition coefficient (Wildman–Crippen LogP) is 3.62. The number of likely N-dealkylation sites (N-methyl/N-ethyl adjacent to an activating group) is 1. The predicted molar refractivity (Wildman–Crippen MR) is 79.8 cm³/mol. The van der Waals surface area contributed by atoms with Gasteiger partial charge in [-0.1, -0.05) is 30.1 Å². The summed E-state index contributed by atoms with van der Waals surface area (Å²) >= 11 is 12.3. The lowest BCUT2D eigenvalue weighted by atomic mass is 10.0. The maximum absolute atomic E-state index is 6.28. The molecule has 5 heteroatoms. The zero-order valence-corrected chi connectivity index (χ0v) is 12.5. The van der Waals surface area contributed by atoms with Crippen molar-refractivity contribution in [3.63, 3.8) is 0 Å². The van der Waals surface area contributed by atoms with Gasteiger partial charge in [0, 0.05) is 41.9 Å². The van der Waals surface area contributed by atoms with Crippen molar-refractivity contribution in [2.24, 2.45) is 7.05 Å². The summed E-state index contributed by atoms with van der Waals surface area (Å²) < 4.78 is 2.02. The van der Waals surface area contributed by atoms with E-state index in [0.717, 1.165) is 29.4 Å². The standard InChI is InChI=1S/C14H17Cl2N3/c1-3-17-13(9-14-18-6-7-19(14)2)11-8-10(15)4-5-12(11)16/h4-8,13,17H,3,9H2,1-2H3. The summed E-state index contributed by atoms with van der Waals surface area (Å²) in [4.78, 5) is 4.36. The lowest BCUT2D eigenvalue weighted by molar-refractivity contribution is 0.529. The highest BCUT2D eigenvalue weighted by atomic mass is 35.5. The van der Waals surface area contributed by atoms with E-state index in [1.165, 1.54) is 0 Å². The molecule has 0 saturated heterocycles. The van der Waals surface area contributed by atoms with E-state index < -0.39 is 0 Å². The van der Waals surface area contributed by atoms with Crippen molar-refractivity contribution >= 4 is 23.2 Å². The van der Waals surface area contributed by atoms with Crippen LogP contribution in [0, 0.1) is 0 Å². The maximum Gasteiger partial charge on any atom is 0.110 e. The van der Waals surface area contributed by atoms with E-state index in [0.29, 0.717) is 5.02 Å². The van der Waals surface area contributed by atoms with Crippen LogP contribution in [0.1, 0.15) is 24.4 Å². The minimum absolute atomic E-state index is 0.109.